The summed E-state index contributed by atoms with van der Waals surface area (Å²) in [4.78, 5) is 39.4. The van der Waals surface area contributed by atoms with Crippen LogP contribution in [-0.2, 0) is 22.6 Å². The second kappa shape index (κ2) is 11.8. The van der Waals surface area contributed by atoms with Crippen LogP contribution in [0.2, 0.25) is 0 Å². The monoisotopic (exact) mass is 573 g/mol. The van der Waals surface area contributed by atoms with Crippen LogP contribution in [0, 0.1) is 11.3 Å². The fourth-order valence-corrected chi connectivity index (χ4v) is 4.49. The number of urea groups is 1. The zero-order chi connectivity index (χ0) is 27.2. The smallest absolute Gasteiger partial charge is 0.335 e. The van der Waals surface area contributed by atoms with Gasteiger partial charge in [0.2, 0.25) is 0 Å². The number of barbiturate groups is 1. The molecule has 1 fully saturated rings. The lowest BCUT2D eigenvalue weighted by molar-refractivity contribution is -0.122. The molecule has 0 unspecified atom stereocenters. The number of carbonyl (C=O) groups excluding carboxylic acids is 3. The Morgan fingerprint density at radius 1 is 1.03 bits per heavy atom. The highest BCUT2D eigenvalue weighted by Crippen LogP contribution is 2.38. The highest BCUT2D eigenvalue weighted by Gasteiger charge is 2.36. The Balaban J connectivity index is 1.66. The van der Waals surface area contributed by atoms with Crippen LogP contribution in [0.25, 0.3) is 6.08 Å². The minimum absolute atomic E-state index is 0.137. The van der Waals surface area contributed by atoms with E-state index < -0.39 is 17.8 Å². The van der Waals surface area contributed by atoms with E-state index in [1.54, 1.807) is 36.4 Å². The van der Waals surface area contributed by atoms with Crippen LogP contribution in [-0.4, -0.2) is 24.5 Å². The van der Waals surface area contributed by atoms with Crippen LogP contribution in [0.4, 0.5) is 10.5 Å². The minimum Gasteiger partial charge on any atom is -0.490 e. The van der Waals surface area contributed by atoms with Gasteiger partial charge in [0.05, 0.1) is 28.4 Å². The van der Waals surface area contributed by atoms with E-state index in [2.05, 4.69) is 27.3 Å². The zero-order valence-electron chi connectivity index (χ0n) is 20.8. The first-order chi connectivity index (χ1) is 18.4. The molecule has 0 saturated carbocycles. The summed E-state index contributed by atoms with van der Waals surface area (Å²) in [5, 5.41) is 11.6. The number of halogens is 1. The van der Waals surface area contributed by atoms with E-state index >= 15 is 0 Å². The summed E-state index contributed by atoms with van der Waals surface area (Å²) < 4.78 is 12.3. The van der Waals surface area contributed by atoms with Gasteiger partial charge in [0.25, 0.3) is 11.8 Å². The van der Waals surface area contributed by atoms with Gasteiger partial charge < -0.3 is 9.47 Å². The number of aryl methyl sites for hydroxylation is 1. The van der Waals surface area contributed by atoms with Gasteiger partial charge in [0.1, 0.15) is 12.2 Å². The maximum absolute atomic E-state index is 13.3. The highest BCUT2D eigenvalue weighted by molar-refractivity contribution is 9.10. The van der Waals surface area contributed by atoms with Gasteiger partial charge in [-0.2, -0.15) is 5.26 Å². The molecule has 1 saturated heterocycles. The number of hydrogen-bond acceptors (Lipinski definition) is 6. The quantitative estimate of drug-likeness (QED) is 0.280. The lowest BCUT2D eigenvalue weighted by Crippen LogP contribution is -2.54. The molecule has 38 heavy (non-hydrogen) atoms. The molecule has 3 aromatic rings. The van der Waals surface area contributed by atoms with E-state index in [0.717, 1.165) is 22.4 Å². The Morgan fingerprint density at radius 2 is 1.76 bits per heavy atom. The predicted molar refractivity (Wildman–Crippen MR) is 146 cm³/mol. The number of nitrogens with one attached hydrogen (secondary N) is 1. The number of amides is 4. The van der Waals surface area contributed by atoms with E-state index in [9.17, 15) is 19.6 Å². The van der Waals surface area contributed by atoms with Crippen molar-refractivity contribution in [2.75, 3.05) is 11.5 Å². The van der Waals surface area contributed by atoms with Crippen LogP contribution in [0.1, 0.15) is 36.1 Å². The molecule has 1 N–H and O–H groups in total. The molecule has 4 amide bonds. The van der Waals surface area contributed by atoms with Crippen molar-refractivity contribution < 1.29 is 23.9 Å². The number of imide groups is 2. The standard InChI is InChI=1S/C29H24BrN3O5/c1-3-18-9-11-22(12-10-18)33-28(35)23(27(34)32-29(33)36)13-19-14-24(30)26(25(15-19)37-4-2)38-17-21-8-6-5-7-20(21)16-31/h5-15H,3-4,17H2,1-2H3,(H,32,34,36)/b23-13-. The van der Waals surface area contributed by atoms with Crippen LogP contribution in [0.15, 0.2) is 70.7 Å². The molecule has 8 nitrogen and oxygen atoms in total. The van der Waals surface area contributed by atoms with E-state index in [0.29, 0.717) is 39.4 Å². The second-order valence-corrected chi connectivity index (χ2v) is 9.15. The van der Waals surface area contributed by atoms with Crippen molar-refractivity contribution in [1.29, 1.82) is 5.26 Å². The topological polar surface area (TPSA) is 109 Å². The molecular formula is C29H24BrN3O5. The number of anilines is 1. The average molecular weight is 574 g/mol. The molecule has 0 atom stereocenters. The first-order valence-electron chi connectivity index (χ1n) is 11.9. The largest absolute Gasteiger partial charge is 0.490 e. The fraction of sp³-hybridized carbons (Fsp3) is 0.172. The van der Waals surface area contributed by atoms with Crippen molar-refractivity contribution >= 4 is 45.5 Å². The van der Waals surface area contributed by atoms with E-state index in [1.165, 1.54) is 6.08 Å². The molecule has 0 aliphatic carbocycles. The van der Waals surface area contributed by atoms with Crippen molar-refractivity contribution in [1.82, 2.24) is 5.32 Å². The van der Waals surface area contributed by atoms with Gasteiger partial charge >= 0.3 is 6.03 Å². The van der Waals surface area contributed by atoms with Gasteiger partial charge in [0, 0.05) is 5.56 Å². The molecule has 0 aromatic heterocycles. The van der Waals surface area contributed by atoms with Crippen molar-refractivity contribution in [2.45, 2.75) is 26.9 Å². The molecule has 9 heteroatoms. The second-order valence-electron chi connectivity index (χ2n) is 8.30. The summed E-state index contributed by atoms with van der Waals surface area (Å²) in [6.45, 7) is 4.30. The minimum atomic E-state index is -0.806. The van der Waals surface area contributed by atoms with Gasteiger partial charge in [-0.05, 0) is 76.8 Å². The fourth-order valence-electron chi connectivity index (χ4n) is 3.92. The number of rotatable bonds is 8. The van der Waals surface area contributed by atoms with Crippen molar-refractivity contribution in [3.05, 3.63) is 93.0 Å². The van der Waals surface area contributed by atoms with Crippen LogP contribution in [0.3, 0.4) is 0 Å². The molecule has 4 rings (SSSR count). The molecule has 192 valence electrons. The van der Waals surface area contributed by atoms with Crippen LogP contribution >= 0.6 is 15.9 Å². The SMILES string of the molecule is CCOc1cc(/C=C2/C(=O)NC(=O)N(c3ccc(CC)cc3)C2=O)cc(Br)c1OCc1ccccc1C#N. The Hall–Kier alpha value is -4.42. The van der Waals surface area contributed by atoms with Crippen molar-refractivity contribution in [3.63, 3.8) is 0 Å². The molecule has 0 bridgehead atoms. The first kappa shape index (κ1) is 26.6. The Labute approximate surface area is 228 Å². The maximum Gasteiger partial charge on any atom is 0.335 e. The lowest BCUT2D eigenvalue weighted by Gasteiger charge is -2.26. The van der Waals surface area contributed by atoms with Gasteiger partial charge in [-0.1, -0.05) is 37.3 Å². The highest BCUT2D eigenvalue weighted by atomic mass is 79.9. The summed E-state index contributed by atoms with van der Waals surface area (Å²) in [5.74, 6) is -0.724. The summed E-state index contributed by atoms with van der Waals surface area (Å²) in [7, 11) is 0. The molecule has 0 radical (unpaired) electrons. The van der Waals surface area contributed by atoms with Crippen molar-refractivity contribution in [3.8, 4) is 17.6 Å². The van der Waals surface area contributed by atoms with E-state index in [1.807, 2.05) is 38.1 Å². The predicted octanol–water partition coefficient (Wildman–Crippen LogP) is 5.53. The normalized spacial score (nSPS) is 14.3. The van der Waals surface area contributed by atoms with Gasteiger partial charge in [-0.25, -0.2) is 9.69 Å². The number of benzene rings is 3. The average Bonchev–Trinajstić information content (AvgIpc) is 2.91. The van der Waals surface area contributed by atoms with Gasteiger partial charge in [-0.3, -0.25) is 14.9 Å². The maximum atomic E-state index is 13.3. The molecule has 1 heterocycles. The molecule has 3 aromatic carbocycles. The third-order valence-corrected chi connectivity index (χ3v) is 6.45. The summed E-state index contributed by atoms with van der Waals surface area (Å²) in [6.07, 6.45) is 2.21. The Bertz CT molecular complexity index is 1470. The summed E-state index contributed by atoms with van der Waals surface area (Å²) in [6, 6.07) is 18.8. The third kappa shape index (κ3) is 5.61. The number of ether oxygens (including phenoxy) is 2. The number of hydrogen-bond donors (Lipinski definition) is 1. The van der Waals surface area contributed by atoms with E-state index in [-0.39, 0.29) is 12.2 Å². The van der Waals surface area contributed by atoms with Gasteiger partial charge in [0.15, 0.2) is 11.5 Å². The summed E-state index contributed by atoms with van der Waals surface area (Å²) >= 11 is 3.49. The summed E-state index contributed by atoms with van der Waals surface area (Å²) in [5.41, 5.74) is 2.93. The van der Waals surface area contributed by atoms with Crippen molar-refractivity contribution in [2.24, 2.45) is 0 Å². The zero-order valence-corrected chi connectivity index (χ0v) is 22.4. The Morgan fingerprint density at radius 3 is 2.45 bits per heavy atom. The molecular weight excluding hydrogens is 550 g/mol. The number of nitriles is 1. The van der Waals surface area contributed by atoms with E-state index in [4.69, 9.17) is 9.47 Å². The van der Waals surface area contributed by atoms with Gasteiger partial charge in [-0.15, -0.1) is 0 Å². The number of carbonyl (C=O) groups is 3. The van der Waals surface area contributed by atoms with Crippen LogP contribution in [0.5, 0.6) is 11.5 Å². The molecule has 1 aliphatic rings. The lowest BCUT2D eigenvalue weighted by atomic mass is 10.1. The third-order valence-electron chi connectivity index (χ3n) is 5.86. The molecule has 1 aliphatic heterocycles. The first-order valence-corrected chi connectivity index (χ1v) is 12.7. The Kier molecular flexibility index (Phi) is 8.24. The van der Waals surface area contributed by atoms with Crippen LogP contribution < -0.4 is 19.7 Å². The number of nitrogens with zero attached hydrogens (tertiary/aromatic N) is 2. The molecule has 0 spiro atoms.